The molecule has 0 saturated carbocycles. The minimum absolute atomic E-state index is 0.110. The predicted molar refractivity (Wildman–Crippen MR) is 249 cm³/mol. The number of unbranched alkanes of at least 4 members (excludes halogenated alkanes) is 14. The fourth-order valence-corrected chi connectivity index (χ4v) is 12.1. The van der Waals surface area contributed by atoms with Crippen LogP contribution in [-0.2, 0) is 27.2 Å². The molecule has 7 unspecified atom stereocenters. The average molecular weight is 837 g/mol. The highest BCUT2D eigenvalue weighted by Crippen LogP contribution is 2.57. The molecule has 0 saturated heterocycles. The van der Waals surface area contributed by atoms with Gasteiger partial charge < -0.3 is 4.52 Å². The summed E-state index contributed by atoms with van der Waals surface area (Å²) in [6.45, 7) is 26.6. The van der Waals surface area contributed by atoms with Gasteiger partial charge in [-0.1, -0.05) is 204 Å². The van der Waals surface area contributed by atoms with Crippen molar-refractivity contribution in [2.75, 3.05) is 12.8 Å². The molecule has 0 aliphatic carbocycles. The first-order valence-corrected chi connectivity index (χ1v) is 28.1. The van der Waals surface area contributed by atoms with Gasteiger partial charge in [-0.3, -0.25) is 18.1 Å². The maximum absolute atomic E-state index is 14.0. The van der Waals surface area contributed by atoms with Crippen LogP contribution in [0.1, 0.15) is 263 Å². The second-order valence-electron chi connectivity index (χ2n) is 17.5. The first-order valence-electron chi connectivity index (χ1n) is 24.7. The van der Waals surface area contributed by atoms with Crippen LogP contribution in [0, 0.1) is 11.8 Å². The van der Waals surface area contributed by atoms with Crippen LogP contribution in [0.4, 0.5) is 0 Å². The molecule has 0 radical (unpaired) electrons. The summed E-state index contributed by atoms with van der Waals surface area (Å²) >= 11 is 0. The Morgan fingerprint density at radius 1 is 0.393 bits per heavy atom. The van der Waals surface area contributed by atoms with Crippen molar-refractivity contribution in [1.82, 2.24) is 0 Å². The van der Waals surface area contributed by atoms with E-state index >= 15 is 0 Å². The van der Waals surface area contributed by atoms with Gasteiger partial charge in [-0.25, -0.2) is 4.57 Å². The van der Waals surface area contributed by atoms with Crippen molar-refractivity contribution >= 4 is 15.2 Å². The molecule has 0 aromatic carbocycles. The molecule has 340 valence electrons. The molecular weight excluding hydrogens is 734 g/mol. The lowest BCUT2D eigenvalue weighted by atomic mass is 10.0. The predicted octanol–water partition coefficient (Wildman–Crippen LogP) is 18.3. The molecule has 0 aromatic heterocycles. The minimum Gasteiger partial charge on any atom is -0.325 e. The Kier molecular flexibility index (Phi) is 41.1. The third-order valence-corrected chi connectivity index (χ3v) is 16.6. The second-order valence-corrected chi connectivity index (χ2v) is 22.0. The van der Waals surface area contributed by atoms with Crippen LogP contribution in [0.5, 0.6) is 0 Å². The standard InChI is InChI=1S/C24H51O4P.C24H51O2P/c1-7-11-14-16-18-22(5)27-29(25,26-21-24(10-4)20-13-9-3)28-23(6)19-17-15-12-8-2;1-7-11-14-16-18-22(5)26-27(25,21-24(10-4)20-13-9-3)23(6)19-17-15-12-8-2/h22-24H,7-21H2,1-6H3;22-24H,7-21H2,1-6H3. The maximum Gasteiger partial charge on any atom is 0.475 e. The number of hydrogen-bond acceptors (Lipinski definition) is 6. The van der Waals surface area contributed by atoms with Crippen LogP contribution in [0.15, 0.2) is 0 Å². The Morgan fingerprint density at radius 2 is 0.750 bits per heavy atom. The molecule has 0 amide bonds. The van der Waals surface area contributed by atoms with Gasteiger partial charge in [0.25, 0.3) is 0 Å². The van der Waals surface area contributed by atoms with Gasteiger partial charge in [0.15, 0.2) is 0 Å². The minimum atomic E-state index is -3.54. The van der Waals surface area contributed by atoms with E-state index in [-0.39, 0.29) is 24.0 Å². The number of phosphoric acid groups is 1. The topological polar surface area (TPSA) is 71.1 Å². The van der Waals surface area contributed by atoms with E-state index in [1.165, 1.54) is 122 Å². The van der Waals surface area contributed by atoms with Crippen LogP contribution in [-0.4, -0.2) is 36.7 Å². The number of rotatable bonds is 40. The van der Waals surface area contributed by atoms with E-state index in [2.05, 4.69) is 69.2 Å². The molecule has 8 heteroatoms. The summed E-state index contributed by atoms with van der Waals surface area (Å²) < 4.78 is 51.6. The highest BCUT2D eigenvalue weighted by Gasteiger charge is 2.35. The lowest BCUT2D eigenvalue weighted by molar-refractivity contribution is 0.0473. The molecule has 0 rings (SSSR count). The Morgan fingerprint density at radius 3 is 1.12 bits per heavy atom. The molecule has 7 atom stereocenters. The molecule has 0 bridgehead atoms. The van der Waals surface area contributed by atoms with Crippen LogP contribution < -0.4 is 0 Å². The fourth-order valence-electron chi connectivity index (χ4n) is 7.33. The van der Waals surface area contributed by atoms with Gasteiger partial charge >= 0.3 is 7.82 Å². The van der Waals surface area contributed by atoms with E-state index in [4.69, 9.17) is 18.1 Å². The Labute approximate surface area is 352 Å². The van der Waals surface area contributed by atoms with Gasteiger partial charge in [-0.2, -0.15) is 0 Å². The van der Waals surface area contributed by atoms with Crippen molar-refractivity contribution in [1.29, 1.82) is 0 Å². The summed E-state index contributed by atoms with van der Waals surface area (Å²) in [6, 6.07) is 0. The molecule has 0 aliphatic rings. The monoisotopic (exact) mass is 837 g/mol. The van der Waals surface area contributed by atoms with E-state index in [1.54, 1.807) is 0 Å². The molecule has 0 fully saturated rings. The molecule has 56 heavy (non-hydrogen) atoms. The summed E-state index contributed by atoms with van der Waals surface area (Å²) in [5, 5.41) is 0. The molecular formula is C48H102O6P2. The Bertz CT molecular complexity index is 892. The van der Waals surface area contributed by atoms with Crippen molar-refractivity contribution in [2.24, 2.45) is 11.8 Å². The fraction of sp³-hybridized carbons (Fsp3) is 1.00. The third-order valence-electron chi connectivity index (χ3n) is 11.6. The van der Waals surface area contributed by atoms with Gasteiger partial charge in [-0.05, 0) is 71.1 Å². The molecule has 0 spiro atoms. The van der Waals surface area contributed by atoms with Gasteiger partial charge in [0, 0.05) is 11.8 Å². The number of phosphoric ester groups is 1. The first-order chi connectivity index (χ1) is 26.8. The van der Waals surface area contributed by atoms with Gasteiger partial charge in [0.05, 0.1) is 24.9 Å². The second kappa shape index (κ2) is 39.4. The molecule has 0 aromatic rings. The Hall–Kier alpha value is 0.300. The zero-order chi connectivity index (χ0) is 42.5. The van der Waals surface area contributed by atoms with Crippen LogP contribution >= 0.6 is 15.2 Å². The van der Waals surface area contributed by atoms with Crippen molar-refractivity contribution in [3.63, 3.8) is 0 Å². The van der Waals surface area contributed by atoms with Crippen LogP contribution in [0.3, 0.4) is 0 Å². The normalized spacial score (nSPS) is 17.2. The van der Waals surface area contributed by atoms with E-state index < -0.39 is 15.2 Å². The van der Waals surface area contributed by atoms with E-state index in [0.717, 1.165) is 63.9 Å². The third kappa shape index (κ3) is 33.1. The van der Waals surface area contributed by atoms with Crippen molar-refractivity contribution in [2.45, 2.75) is 287 Å². The van der Waals surface area contributed by atoms with Crippen molar-refractivity contribution in [3.8, 4) is 0 Å². The summed E-state index contributed by atoms with van der Waals surface area (Å²) in [4.78, 5) is 0. The zero-order valence-electron chi connectivity index (χ0n) is 40.0. The van der Waals surface area contributed by atoms with Gasteiger partial charge in [-0.15, -0.1) is 0 Å². The van der Waals surface area contributed by atoms with E-state index in [1.807, 2.05) is 13.8 Å². The van der Waals surface area contributed by atoms with Crippen molar-refractivity contribution < 1.29 is 27.2 Å². The zero-order valence-corrected chi connectivity index (χ0v) is 41.8. The quantitative estimate of drug-likeness (QED) is 0.0452. The first kappa shape index (κ1) is 58.4. The van der Waals surface area contributed by atoms with Crippen LogP contribution in [0.2, 0.25) is 0 Å². The lowest BCUT2D eigenvalue weighted by Crippen LogP contribution is -2.19. The highest BCUT2D eigenvalue weighted by atomic mass is 31.2. The molecule has 6 nitrogen and oxygen atoms in total. The van der Waals surface area contributed by atoms with Crippen molar-refractivity contribution in [3.05, 3.63) is 0 Å². The summed E-state index contributed by atoms with van der Waals surface area (Å²) in [5.41, 5.74) is 0.211. The summed E-state index contributed by atoms with van der Waals surface area (Å²) in [5.74, 6) is 0.969. The summed E-state index contributed by atoms with van der Waals surface area (Å²) in [7, 11) is -6.13. The smallest absolute Gasteiger partial charge is 0.325 e. The highest BCUT2D eigenvalue weighted by molar-refractivity contribution is 7.59. The molecule has 0 aliphatic heterocycles. The lowest BCUT2D eigenvalue weighted by Gasteiger charge is -2.31. The SMILES string of the molecule is CCCCCCC(C)OP(=O)(CC(CC)CCCC)C(C)CCCCCC.CCCCCCC(C)OP(=O)(OCC(CC)CCCC)OC(C)CCCCCC. The Balaban J connectivity index is 0. The summed E-state index contributed by atoms with van der Waals surface area (Å²) in [6.07, 6.45) is 33.4. The van der Waals surface area contributed by atoms with Gasteiger partial charge in [0.1, 0.15) is 0 Å². The van der Waals surface area contributed by atoms with E-state index in [0.29, 0.717) is 18.4 Å². The van der Waals surface area contributed by atoms with E-state index in [9.17, 15) is 9.13 Å². The average Bonchev–Trinajstić information content (AvgIpc) is 3.17. The number of hydrogen-bond donors (Lipinski definition) is 0. The van der Waals surface area contributed by atoms with Crippen LogP contribution in [0.25, 0.3) is 0 Å². The van der Waals surface area contributed by atoms with Gasteiger partial charge in [0.2, 0.25) is 7.37 Å². The molecule has 0 N–H and O–H groups in total. The molecule has 0 heterocycles. The maximum atomic E-state index is 14.0. The largest absolute Gasteiger partial charge is 0.475 e.